The second-order valence-corrected chi connectivity index (χ2v) is 5.90. The number of fused-ring (bicyclic) bond motifs is 1. The lowest BCUT2D eigenvalue weighted by molar-refractivity contribution is 0.0697. The van der Waals surface area contributed by atoms with Crippen molar-refractivity contribution < 1.29 is 14.4 Å². The third-order valence-corrected chi connectivity index (χ3v) is 4.28. The third kappa shape index (κ3) is 2.84. The molecule has 0 aliphatic carbocycles. The Kier molecular flexibility index (Phi) is 4.52. The summed E-state index contributed by atoms with van der Waals surface area (Å²) < 4.78 is 5.23. The fourth-order valence-electron chi connectivity index (χ4n) is 3.05. The predicted molar refractivity (Wildman–Crippen MR) is 101 cm³/mol. The molecule has 0 aliphatic rings. The second kappa shape index (κ2) is 6.65. The molecule has 0 saturated heterocycles. The van der Waals surface area contributed by atoms with Crippen LogP contribution in [0.1, 0.15) is 21.8 Å². The molecule has 6 nitrogen and oxygen atoms in total. The number of aromatic amines is 1. The van der Waals surface area contributed by atoms with Crippen molar-refractivity contribution in [3.05, 3.63) is 59.7 Å². The number of halogens is 1. The van der Waals surface area contributed by atoms with Crippen LogP contribution < -0.4 is 0 Å². The molecule has 0 fully saturated rings. The number of hydrogen-bond donors (Lipinski definition) is 2. The largest absolute Gasteiger partial charge is 0.478 e. The van der Waals surface area contributed by atoms with E-state index in [1.54, 1.807) is 30.5 Å². The van der Waals surface area contributed by atoms with E-state index in [0.29, 0.717) is 0 Å². The molecule has 3 aromatic heterocycles. The van der Waals surface area contributed by atoms with Crippen LogP contribution in [0.25, 0.3) is 33.3 Å². The second-order valence-electron chi connectivity index (χ2n) is 5.90. The Morgan fingerprint density at radius 1 is 1.15 bits per heavy atom. The van der Waals surface area contributed by atoms with E-state index in [-0.39, 0.29) is 18.0 Å². The van der Waals surface area contributed by atoms with Crippen LogP contribution in [0.15, 0.2) is 47.2 Å². The van der Waals surface area contributed by atoms with Gasteiger partial charge in [0.05, 0.1) is 22.3 Å². The van der Waals surface area contributed by atoms with Crippen LogP contribution in [0, 0.1) is 13.8 Å². The Bertz CT molecular complexity index is 1080. The first-order valence-corrected chi connectivity index (χ1v) is 7.78. The quantitative estimate of drug-likeness (QED) is 0.549. The van der Waals surface area contributed by atoms with Gasteiger partial charge < -0.3 is 14.6 Å². The van der Waals surface area contributed by atoms with Gasteiger partial charge in [-0.3, -0.25) is 4.98 Å². The number of nitrogens with zero attached hydrogens (tertiary/aromatic N) is 2. The Hall–Kier alpha value is -3.12. The van der Waals surface area contributed by atoms with Crippen LogP contribution in [0.2, 0.25) is 0 Å². The van der Waals surface area contributed by atoms with E-state index < -0.39 is 5.97 Å². The Morgan fingerprint density at radius 3 is 2.50 bits per heavy atom. The highest BCUT2D eigenvalue weighted by atomic mass is 35.5. The number of hydrogen-bond acceptors (Lipinski definition) is 4. The fourth-order valence-corrected chi connectivity index (χ4v) is 3.05. The van der Waals surface area contributed by atoms with E-state index in [2.05, 4.69) is 15.1 Å². The van der Waals surface area contributed by atoms with Crippen molar-refractivity contribution >= 4 is 29.4 Å². The molecule has 3 heterocycles. The van der Waals surface area contributed by atoms with E-state index in [1.807, 2.05) is 26.1 Å². The SMILES string of the molecule is Cc1noc(C)c1-c1cnc2c(-c3ccc(C(=O)O)cc3)c[nH]c2c1.Cl. The number of pyridine rings is 1. The highest BCUT2D eigenvalue weighted by Gasteiger charge is 2.14. The molecule has 0 atom stereocenters. The molecule has 0 amide bonds. The van der Waals surface area contributed by atoms with Gasteiger partial charge in [-0.15, -0.1) is 12.4 Å². The third-order valence-electron chi connectivity index (χ3n) is 4.28. The summed E-state index contributed by atoms with van der Waals surface area (Å²) >= 11 is 0. The molecule has 7 heteroatoms. The van der Waals surface area contributed by atoms with Crippen LogP contribution in [-0.2, 0) is 0 Å². The molecule has 0 bridgehead atoms. The van der Waals surface area contributed by atoms with Gasteiger partial charge in [0.25, 0.3) is 0 Å². The Labute approximate surface area is 155 Å². The van der Waals surface area contributed by atoms with Crippen molar-refractivity contribution in [2.75, 3.05) is 0 Å². The smallest absolute Gasteiger partial charge is 0.335 e. The van der Waals surface area contributed by atoms with Gasteiger partial charge in [-0.1, -0.05) is 17.3 Å². The number of carboxylic acid groups (broad SMARTS) is 1. The first-order chi connectivity index (χ1) is 12.0. The normalized spacial score (nSPS) is 10.7. The summed E-state index contributed by atoms with van der Waals surface area (Å²) in [7, 11) is 0. The number of benzene rings is 1. The van der Waals surface area contributed by atoms with Gasteiger partial charge in [0.15, 0.2) is 0 Å². The van der Waals surface area contributed by atoms with Crippen molar-refractivity contribution in [1.29, 1.82) is 0 Å². The average Bonchev–Trinajstić information content (AvgIpc) is 3.17. The minimum Gasteiger partial charge on any atom is -0.478 e. The van der Waals surface area contributed by atoms with Crippen molar-refractivity contribution in [1.82, 2.24) is 15.1 Å². The number of aromatic nitrogens is 3. The maximum absolute atomic E-state index is 11.0. The van der Waals surface area contributed by atoms with Gasteiger partial charge in [0, 0.05) is 29.1 Å². The van der Waals surface area contributed by atoms with E-state index in [4.69, 9.17) is 9.63 Å². The van der Waals surface area contributed by atoms with E-state index >= 15 is 0 Å². The zero-order valence-electron chi connectivity index (χ0n) is 14.1. The van der Waals surface area contributed by atoms with Gasteiger partial charge in [0.1, 0.15) is 5.76 Å². The van der Waals surface area contributed by atoms with E-state index in [1.165, 1.54) is 0 Å². The molecular formula is C19H16ClN3O3. The molecule has 0 unspecified atom stereocenters. The summed E-state index contributed by atoms with van der Waals surface area (Å²) in [5.74, 6) is -0.178. The maximum atomic E-state index is 11.0. The molecule has 4 aromatic rings. The predicted octanol–water partition coefficient (Wildman–Crippen LogP) is 4.62. The summed E-state index contributed by atoms with van der Waals surface area (Å²) in [4.78, 5) is 18.8. The summed E-state index contributed by atoms with van der Waals surface area (Å²) in [6.45, 7) is 3.78. The molecule has 0 spiro atoms. The number of carbonyl (C=O) groups is 1. The number of carboxylic acids is 1. The highest BCUT2D eigenvalue weighted by Crippen LogP contribution is 2.32. The molecule has 4 rings (SSSR count). The Balaban J connectivity index is 0.00000196. The van der Waals surface area contributed by atoms with Crippen LogP contribution in [-0.4, -0.2) is 26.2 Å². The number of rotatable bonds is 3. The maximum Gasteiger partial charge on any atom is 0.335 e. The van der Waals surface area contributed by atoms with E-state index in [9.17, 15) is 4.79 Å². The first-order valence-electron chi connectivity index (χ1n) is 7.78. The molecule has 132 valence electrons. The zero-order valence-corrected chi connectivity index (χ0v) is 14.9. The molecule has 0 aliphatic heterocycles. The van der Waals surface area contributed by atoms with Crippen molar-refractivity contribution in [3.63, 3.8) is 0 Å². The van der Waals surface area contributed by atoms with Gasteiger partial charge in [-0.25, -0.2) is 4.79 Å². The van der Waals surface area contributed by atoms with Crippen LogP contribution >= 0.6 is 12.4 Å². The molecule has 2 N–H and O–H groups in total. The lowest BCUT2D eigenvalue weighted by Crippen LogP contribution is -1.94. The van der Waals surface area contributed by atoms with Crippen molar-refractivity contribution in [2.24, 2.45) is 0 Å². The number of aryl methyl sites for hydroxylation is 2. The first kappa shape index (κ1) is 17.7. The number of H-pyrrole nitrogens is 1. The van der Waals surface area contributed by atoms with Gasteiger partial charge in [0.2, 0.25) is 0 Å². The summed E-state index contributed by atoms with van der Waals surface area (Å²) in [6.07, 6.45) is 3.68. The van der Waals surface area contributed by atoms with Crippen LogP contribution in [0.3, 0.4) is 0 Å². The van der Waals surface area contributed by atoms with Crippen LogP contribution in [0.5, 0.6) is 0 Å². The van der Waals surface area contributed by atoms with Gasteiger partial charge >= 0.3 is 5.97 Å². The zero-order chi connectivity index (χ0) is 17.6. The molecule has 1 aromatic carbocycles. The summed E-state index contributed by atoms with van der Waals surface area (Å²) in [6, 6.07) is 8.78. The minimum absolute atomic E-state index is 0. The Morgan fingerprint density at radius 2 is 1.88 bits per heavy atom. The minimum atomic E-state index is -0.937. The lowest BCUT2D eigenvalue weighted by atomic mass is 10.0. The standard InChI is InChI=1S/C19H15N3O3.ClH/c1-10-17(11(2)25-22-10)14-7-16-18(21-8-14)15(9-20-16)12-3-5-13(6-4-12)19(23)24;/h3-9,20H,1-2H3,(H,23,24);1H. The van der Waals surface area contributed by atoms with Crippen LogP contribution in [0.4, 0.5) is 0 Å². The summed E-state index contributed by atoms with van der Waals surface area (Å²) in [5.41, 5.74) is 6.56. The molecule has 0 saturated carbocycles. The number of nitrogens with one attached hydrogen (secondary N) is 1. The fraction of sp³-hybridized carbons (Fsp3) is 0.105. The molecule has 0 radical (unpaired) electrons. The summed E-state index contributed by atoms with van der Waals surface area (Å²) in [5, 5.41) is 13.0. The van der Waals surface area contributed by atoms with Crippen molar-refractivity contribution in [3.8, 4) is 22.3 Å². The average molecular weight is 370 g/mol. The molecular weight excluding hydrogens is 354 g/mol. The lowest BCUT2D eigenvalue weighted by Gasteiger charge is -2.02. The van der Waals surface area contributed by atoms with Gasteiger partial charge in [-0.2, -0.15) is 0 Å². The topological polar surface area (TPSA) is 92.0 Å². The number of aromatic carboxylic acids is 1. The van der Waals surface area contributed by atoms with E-state index in [0.717, 1.165) is 44.7 Å². The molecule has 26 heavy (non-hydrogen) atoms. The van der Waals surface area contributed by atoms with Gasteiger partial charge in [-0.05, 0) is 37.6 Å². The van der Waals surface area contributed by atoms with Crippen molar-refractivity contribution in [2.45, 2.75) is 13.8 Å². The highest BCUT2D eigenvalue weighted by molar-refractivity contribution is 5.95. The monoisotopic (exact) mass is 369 g/mol.